The zero-order chi connectivity index (χ0) is 18.4. The molecule has 0 atom stereocenters. The molecule has 9 heteroatoms. The van der Waals surface area contributed by atoms with Gasteiger partial charge in [-0.25, -0.2) is 8.42 Å². The number of nitrogens with one attached hydrogen (secondary N) is 2. The normalized spacial score (nSPS) is 10.9. The Morgan fingerprint density at radius 1 is 0.720 bits per heavy atom. The average molecular weight is 364 g/mol. The van der Waals surface area contributed by atoms with Gasteiger partial charge in [0.2, 0.25) is 9.84 Å². The van der Waals surface area contributed by atoms with Gasteiger partial charge in [0.05, 0.1) is 9.79 Å². The lowest BCUT2D eigenvalue weighted by Gasteiger charge is -2.08. The first-order valence-corrected chi connectivity index (χ1v) is 8.64. The van der Waals surface area contributed by atoms with E-state index in [0.29, 0.717) is 11.4 Å². The summed E-state index contributed by atoms with van der Waals surface area (Å²) in [5, 5.41) is 22.5. The van der Waals surface area contributed by atoms with Crippen molar-refractivity contribution in [3.05, 3.63) is 48.5 Å². The molecular formula is C16H16N2O6S. The molecule has 0 fully saturated rings. The van der Waals surface area contributed by atoms with Gasteiger partial charge in [-0.05, 0) is 48.5 Å². The van der Waals surface area contributed by atoms with Crippen LogP contribution in [0.4, 0.5) is 11.4 Å². The molecule has 0 saturated heterocycles. The van der Waals surface area contributed by atoms with Crippen LogP contribution < -0.4 is 10.6 Å². The first-order chi connectivity index (χ1) is 11.8. The smallest absolute Gasteiger partial charge is 0.322 e. The Bertz CT molecular complexity index is 793. The van der Waals surface area contributed by atoms with E-state index in [4.69, 9.17) is 10.2 Å². The van der Waals surface area contributed by atoms with Crippen LogP contribution in [0.15, 0.2) is 58.3 Å². The van der Waals surface area contributed by atoms with E-state index in [2.05, 4.69) is 10.6 Å². The third-order valence-electron chi connectivity index (χ3n) is 3.22. The van der Waals surface area contributed by atoms with E-state index in [-0.39, 0.29) is 22.9 Å². The summed E-state index contributed by atoms with van der Waals surface area (Å²) in [5.41, 5.74) is 0.990. The SMILES string of the molecule is O=C(O)CNc1ccc(S(=O)(=O)c2ccc(NCC(=O)O)cc2)cc1. The largest absolute Gasteiger partial charge is 0.480 e. The Morgan fingerprint density at radius 2 is 1.04 bits per heavy atom. The van der Waals surface area contributed by atoms with Crippen LogP contribution >= 0.6 is 0 Å². The molecule has 0 aliphatic heterocycles. The maximum atomic E-state index is 12.6. The molecule has 0 saturated carbocycles. The highest BCUT2D eigenvalue weighted by molar-refractivity contribution is 7.91. The zero-order valence-electron chi connectivity index (χ0n) is 13.0. The lowest BCUT2D eigenvalue weighted by molar-refractivity contribution is -0.135. The van der Waals surface area contributed by atoms with Crippen LogP contribution in [0, 0.1) is 0 Å². The Balaban J connectivity index is 2.14. The van der Waals surface area contributed by atoms with Crippen LogP contribution in [0.5, 0.6) is 0 Å². The maximum Gasteiger partial charge on any atom is 0.322 e. The van der Waals surface area contributed by atoms with Gasteiger partial charge in [-0.15, -0.1) is 0 Å². The monoisotopic (exact) mass is 364 g/mol. The number of hydrogen-bond donors (Lipinski definition) is 4. The average Bonchev–Trinajstić information content (AvgIpc) is 2.59. The highest BCUT2D eigenvalue weighted by atomic mass is 32.2. The molecule has 0 aliphatic rings. The molecule has 0 aromatic heterocycles. The fraction of sp³-hybridized carbons (Fsp3) is 0.125. The molecule has 0 amide bonds. The molecule has 0 radical (unpaired) electrons. The summed E-state index contributed by atoms with van der Waals surface area (Å²) in [6.07, 6.45) is 0. The fourth-order valence-electron chi connectivity index (χ4n) is 2.00. The van der Waals surface area contributed by atoms with Crippen LogP contribution in [-0.2, 0) is 19.4 Å². The number of aliphatic carboxylic acids is 2. The number of anilines is 2. The minimum absolute atomic E-state index is 0.0691. The van der Waals surface area contributed by atoms with Crippen LogP contribution in [0.3, 0.4) is 0 Å². The van der Waals surface area contributed by atoms with E-state index in [1.807, 2.05) is 0 Å². The van der Waals surface area contributed by atoms with Gasteiger partial charge in [0.15, 0.2) is 0 Å². The van der Waals surface area contributed by atoms with Crippen molar-refractivity contribution in [2.75, 3.05) is 23.7 Å². The summed E-state index contributed by atoms with van der Waals surface area (Å²) >= 11 is 0. The van der Waals surface area contributed by atoms with E-state index >= 15 is 0 Å². The van der Waals surface area contributed by atoms with E-state index < -0.39 is 21.8 Å². The number of carboxylic acid groups (broad SMARTS) is 2. The van der Waals surface area contributed by atoms with Crippen molar-refractivity contribution in [3.8, 4) is 0 Å². The number of carboxylic acids is 2. The lowest BCUT2D eigenvalue weighted by Crippen LogP contribution is -2.12. The van der Waals surface area contributed by atoms with Crippen molar-refractivity contribution in [1.29, 1.82) is 0 Å². The number of rotatable bonds is 8. The number of hydrogen-bond acceptors (Lipinski definition) is 6. The Hall–Kier alpha value is -3.07. The topological polar surface area (TPSA) is 133 Å². The van der Waals surface area contributed by atoms with Crippen molar-refractivity contribution in [2.45, 2.75) is 9.79 Å². The fourth-order valence-corrected chi connectivity index (χ4v) is 3.26. The van der Waals surface area contributed by atoms with Gasteiger partial charge in [0, 0.05) is 11.4 Å². The Kier molecular flexibility index (Phi) is 5.60. The second kappa shape index (κ2) is 7.67. The lowest BCUT2D eigenvalue weighted by atomic mass is 10.3. The molecular weight excluding hydrogens is 348 g/mol. The molecule has 0 spiro atoms. The van der Waals surface area contributed by atoms with Gasteiger partial charge >= 0.3 is 11.9 Å². The van der Waals surface area contributed by atoms with Crippen molar-refractivity contribution in [2.24, 2.45) is 0 Å². The molecule has 25 heavy (non-hydrogen) atoms. The maximum absolute atomic E-state index is 12.6. The molecule has 2 aromatic rings. The molecule has 0 aliphatic carbocycles. The highest BCUT2D eigenvalue weighted by Gasteiger charge is 2.17. The molecule has 132 valence electrons. The first kappa shape index (κ1) is 18.3. The second-order valence-corrected chi connectivity index (χ2v) is 7.00. The first-order valence-electron chi connectivity index (χ1n) is 7.15. The number of benzene rings is 2. The Labute approximate surface area is 144 Å². The van der Waals surface area contributed by atoms with E-state index in [1.54, 1.807) is 0 Å². The van der Waals surface area contributed by atoms with Crippen LogP contribution in [0.1, 0.15) is 0 Å². The molecule has 0 bridgehead atoms. The highest BCUT2D eigenvalue weighted by Crippen LogP contribution is 2.23. The van der Waals surface area contributed by atoms with Crippen molar-refractivity contribution in [1.82, 2.24) is 0 Å². The minimum Gasteiger partial charge on any atom is -0.480 e. The van der Waals surface area contributed by atoms with E-state index in [1.165, 1.54) is 48.5 Å². The summed E-state index contributed by atoms with van der Waals surface area (Å²) in [4.78, 5) is 21.1. The van der Waals surface area contributed by atoms with Crippen LogP contribution in [0.25, 0.3) is 0 Å². The van der Waals surface area contributed by atoms with Gasteiger partial charge in [0.25, 0.3) is 0 Å². The number of sulfone groups is 1. The Morgan fingerprint density at radius 3 is 1.32 bits per heavy atom. The molecule has 0 unspecified atom stereocenters. The standard InChI is InChI=1S/C16H16N2O6S/c19-15(20)9-17-11-1-5-13(6-2-11)25(23,24)14-7-3-12(4-8-14)18-10-16(21)22/h1-8,17-18H,9-10H2,(H,19,20)(H,21,22). The third kappa shape index (κ3) is 4.95. The van der Waals surface area contributed by atoms with Gasteiger partial charge < -0.3 is 20.8 Å². The molecule has 8 nitrogen and oxygen atoms in total. The van der Waals surface area contributed by atoms with Crippen LogP contribution in [0.2, 0.25) is 0 Å². The van der Waals surface area contributed by atoms with Gasteiger partial charge in [-0.1, -0.05) is 0 Å². The minimum atomic E-state index is -3.72. The van der Waals surface area contributed by atoms with Crippen LogP contribution in [-0.4, -0.2) is 43.7 Å². The second-order valence-electron chi connectivity index (χ2n) is 5.05. The van der Waals surface area contributed by atoms with Crippen molar-refractivity contribution < 1.29 is 28.2 Å². The predicted molar refractivity (Wildman–Crippen MR) is 90.6 cm³/mol. The summed E-state index contributed by atoms with van der Waals surface area (Å²) in [7, 11) is -3.72. The number of carbonyl (C=O) groups is 2. The summed E-state index contributed by atoms with van der Waals surface area (Å²) in [6.45, 7) is -0.534. The molecule has 2 rings (SSSR count). The molecule has 2 aromatic carbocycles. The van der Waals surface area contributed by atoms with Gasteiger partial charge in [0.1, 0.15) is 13.1 Å². The molecule has 0 heterocycles. The van der Waals surface area contributed by atoms with Crippen molar-refractivity contribution >= 4 is 33.2 Å². The zero-order valence-corrected chi connectivity index (χ0v) is 13.8. The van der Waals surface area contributed by atoms with Gasteiger partial charge in [-0.3, -0.25) is 9.59 Å². The molecule has 4 N–H and O–H groups in total. The van der Waals surface area contributed by atoms with Crippen molar-refractivity contribution in [3.63, 3.8) is 0 Å². The van der Waals surface area contributed by atoms with Gasteiger partial charge in [-0.2, -0.15) is 0 Å². The van der Waals surface area contributed by atoms with E-state index in [0.717, 1.165) is 0 Å². The summed E-state index contributed by atoms with van der Waals surface area (Å²) in [5.74, 6) is -2.04. The van der Waals surface area contributed by atoms with E-state index in [9.17, 15) is 18.0 Å². The summed E-state index contributed by atoms with van der Waals surface area (Å²) < 4.78 is 25.1. The predicted octanol–water partition coefficient (Wildman–Crippen LogP) is 1.51. The third-order valence-corrected chi connectivity index (χ3v) is 5.00. The summed E-state index contributed by atoms with van der Waals surface area (Å²) in [6, 6.07) is 11.5. The quantitative estimate of drug-likeness (QED) is 0.554.